The number of nitrogens with one attached hydrogen (secondary N) is 1. The Morgan fingerprint density at radius 3 is 2.47 bits per heavy atom. The first kappa shape index (κ1) is 14.0. The molecule has 0 unspecified atom stereocenters. The van der Waals surface area contributed by atoms with Crippen molar-refractivity contribution in [2.75, 3.05) is 6.54 Å². The van der Waals surface area contributed by atoms with Crippen LogP contribution in [0.5, 0.6) is 11.5 Å². The fourth-order valence-corrected chi connectivity index (χ4v) is 2.11. The summed E-state index contributed by atoms with van der Waals surface area (Å²) in [7, 11) is 0. The summed E-state index contributed by atoms with van der Waals surface area (Å²) in [4.78, 5) is 0. The lowest BCUT2D eigenvalue weighted by Crippen LogP contribution is -2.11. The van der Waals surface area contributed by atoms with Crippen LogP contribution in [-0.4, -0.2) is 6.54 Å². The standard InChI is InChI=1S/C15H15BrFNO/c1-2-18-10-11-3-5-14(6-4-11)19-15-8-12(16)7-13(17)9-15/h3-9,18H,2,10H2,1H3. The number of halogens is 2. The van der Waals surface area contributed by atoms with E-state index < -0.39 is 0 Å². The van der Waals surface area contributed by atoms with E-state index in [0.717, 1.165) is 13.1 Å². The Balaban J connectivity index is 2.06. The highest BCUT2D eigenvalue weighted by Crippen LogP contribution is 2.26. The van der Waals surface area contributed by atoms with Gasteiger partial charge >= 0.3 is 0 Å². The summed E-state index contributed by atoms with van der Waals surface area (Å²) in [6.45, 7) is 3.84. The van der Waals surface area contributed by atoms with Crippen LogP contribution in [0.15, 0.2) is 46.9 Å². The molecule has 0 heterocycles. The molecule has 0 aliphatic heterocycles. The van der Waals surface area contributed by atoms with Crippen molar-refractivity contribution in [3.05, 3.63) is 58.3 Å². The third-order valence-electron chi connectivity index (χ3n) is 2.57. The van der Waals surface area contributed by atoms with E-state index in [-0.39, 0.29) is 5.82 Å². The average molecular weight is 324 g/mol. The van der Waals surface area contributed by atoms with Crippen LogP contribution in [-0.2, 0) is 6.54 Å². The number of hydrogen-bond donors (Lipinski definition) is 1. The normalized spacial score (nSPS) is 10.5. The third-order valence-corrected chi connectivity index (χ3v) is 3.03. The summed E-state index contributed by atoms with van der Waals surface area (Å²) < 4.78 is 19.5. The summed E-state index contributed by atoms with van der Waals surface area (Å²) in [5.74, 6) is 0.845. The Labute approximate surface area is 120 Å². The van der Waals surface area contributed by atoms with Crippen molar-refractivity contribution in [2.24, 2.45) is 0 Å². The van der Waals surface area contributed by atoms with Gasteiger partial charge in [0.05, 0.1) is 0 Å². The second kappa shape index (κ2) is 6.68. The van der Waals surface area contributed by atoms with Crippen molar-refractivity contribution in [1.29, 1.82) is 0 Å². The smallest absolute Gasteiger partial charge is 0.131 e. The van der Waals surface area contributed by atoms with Gasteiger partial charge in [0, 0.05) is 17.1 Å². The molecule has 0 atom stereocenters. The van der Waals surface area contributed by atoms with Crippen LogP contribution < -0.4 is 10.1 Å². The third kappa shape index (κ3) is 4.33. The van der Waals surface area contributed by atoms with Crippen LogP contribution in [0.4, 0.5) is 4.39 Å². The van der Waals surface area contributed by atoms with E-state index in [1.807, 2.05) is 24.3 Å². The lowest BCUT2D eigenvalue weighted by atomic mass is 10.2. The molecule has 0 amide bonds. The zero-order valence-electron chi connectivity index (χ0n) is 10.6. The van der Waals surface area contributed by atoms with Gasteiger partial charge in [-0.15, -0.1) is 0 Å². The van der Waals surface area contributed by atoms with E-state index in [0.29, 0.717) is 16.0 Å². The number of benzene rings is 2. The highest BCUT2D eigenvalue weighted by Gasteiger charge is 2.02. The summed E-state index contributed by atoms with van der Waals surface area (Å²) in [6, 6.07) is 12.2. The molecular formula is C15H15BrFNO. The van der Waals surface area contributed by atoms with Gasteiger partial charge in [-0.1, -0.05) is 35.0 Å². The molecule has 0 saturated carbocycles. The molecule has 0 bridgehead atoms. The molecule has 2 aromatic carbocycles. The molecule has 0 saturated heterocycles. The van der Waals surface area contributed by atoms with Crippen molar-refractivity contribution < 1.29 is 9.13 Å². The minimum Gasteiger partial charge on any atom is -0.457 e. The minimum absolute atomic E-state index is 0.326. The Morgan fingerprint density at radius 2 is 1.84 bits per heavy atom. The molecular weight excluding hydrogens is 309 g/mol. The molecule has 19 heavy (non-hydrogen) atoms. The number of ether oxygens (including phenoxy) is 1. The summed E-state index contributed by atoms with van der Waals surface area (Å²) in [5, 5.41) is 3.25. The molecule has 4 heteroatoms. The van der Waals surface area contributed by atoms with E-state index >= 15 is 0 Å². The van der Waals surface area contributed by atoms with E-state index in [1.165, 1.54) is 17.7 Å². The van der Waals surface area contributed by atoms with Crippen LogP contribution in [0.2, 0.25) is 0 Å². The second-order valence-corrected chi connectivity index (χ2v) is 5.05. The van der Waals surface area contributed by atoms with Crippen molar-refractivity contribution >= 4 is 15.9 Å². The predicted molar refractivity (Wildman–Crippen MR) is 78.0 cm³/mol. The molecule has 2 nitrogen and oxygen atoms in total. The maximum absolute atomic E-state index is 13.2. The van der Waals surface area contributed by atoms with Gasteiger partial charge in [-0.2, -0.15) is 0 Å². The van der Waals surface area contributed by atoms with Crippen LogP contribution in [0, 0.1) is 5.82 Å². The van der Waals surface area contributed by atoms with Crippen LogP contribution in [0.25, 0.3) is 0 Å². The lowest BCUT2D eigenvalue weighted by molar-refractivity contribution is 0.476. The van der Waals surface area contributed by atoms with Gasteiger partial charge in [-0.25, -0.2) is 4.39 Å². The SMILES string of the molecule is CCNCc1ccc(Oc2cc(F)cc(Br)c2)cc1. The molecule has 2 rings (SSSR count). The summed E-state index contributed by atoms with van der Waals surface area (Å²) >= 11 is 3.24. The Bertz CT molecular complexity index is 522. The van der Waals surface area contributed by atoms with E-state index in [1.54, 1.807) is 6.07 Å². The first-order valence-corrected chi connectivity index (χ1v) is 6.90. The molecule has 1 N–H and O–H groups in total. The lowest BCUT2D eigenvalue weighted by Gasteiger charge is -2.08. The average Bonchev–Trinajstić information content (AvgIpc) is 2.37. The van der Waals surface area contributed by atoms with Gasteiger partial charge in [0.15, 0.2) is 0 Å². The zero-order chi connectivity index (χ0) is 13.7. The van der Waals surface area contributed by atoms with Crippen LogP contribution in [0.1, 0.15) is 12.5 Å². The molecule has 0 radical (unpaired) electrons. The first-order chi connectivity index (χ1) is 9.17. The van der Waals surface area contributed by atoms with Crippen LogP contribution in [0.3, 0.4) is 0 Å². The number of rotatable bonds is 5. The Kier molecular flexibility index (Phi) is 4.93. The van der Waals surface area contributed by atoms with Crippen LogP contribution >= 0.6 is 15.9 Å². The van der Waals surface area contributed by atoms with E-state index in [2.05, 4.69) is 28.2 Å². The maximum Gasteiger partial charge on any atom is 0.131 e. The molecule has 0 aromatic heterocycles. The quantitative estimate of drug-likeness (QED) is 0.875. The monoisotopic (exact) mass is 323 g/mol. The summed E-state index contributed by atoms with van der Waals surface area (Å²) in [5.41, 5.74) is 1.19. The largest absolute Gasteiger partial charge is 0.457 e. The highest BCUT2D eigenvalue weighted by molar-refractivity contribution is 9.10. The van der Waals surface area contributed by atoms with Gasteiger partial charge in [-0.05, 0) is 36.4 Å². The van der Waals surface area contributed by atoms with Gasteiger partial charge in [0.2, 0.25) is 0 Å². The van der Waals surface area contributed by atoms with Crippen molar-refractivity contribution in [1.82, 2.24) is 5.32 Å². The highest BCUT2D eigenvalue weighted by atomic mass is 79.9. The van der Waals surface area contributed by atoms with Gasteiger partial charge < -0.3 is 10.1 Å². The fourth-order valence-electron chi connectivity index (χ4n) is 1.67. The fraction of sp³-hybridized carbons (Fsp3) is 0.200. The summed E-state index contributed by atoms with van der Waals surface area (Å²) in [6.07, 6.45) is 0. The number of hydrogen-bond acceptors (Lipinski definition) is 2. The Morgan fingerprint density at radius 1 is 1.11 bits per heavy atom. The van der Waals surface area contributed by atoms with Gasteiger partial charge in [0.1, 0.15) is 17.3 Å². The van der Waals surface area contributed by atoms with Gasteiger partial charge in [0.25, 0.3) is 0 Å². The molecule has 0 aliphatic rings. The zero-order valence-corrected chi connectivity index (χ0v) is 12.2. The maximum atomic E-state index is 13.2. The molecule has 0 fully saturated rings. The van der Waals surface area contributed by atoms with E-state index in [9.17, 15) is 4.39 Å². The Hall–Kier alpha value is -1.39. The van der Waals surface area contributed by atoms with E-state index in [4.69, 9.17) is 4.74 Å². The van der Waals surface area contributed by atoms with Crippen molar-refractivity contribution in [2.45, 2.75) is 13.5 Å². The van der Waals surface area contributed by atoms with Gasteiger partial charge in [-0.3, -0.25) is 0 Å². The van der Waals surface area contributed by atoms with Crippen molar-refractivity contribution in [3.63, 3.8) is 0 Å². The predicted octanol–water partition coefficient (Wildman–Crippen LogP) is 4.49. The molecule has 0 spiro atoms. The molecule has 100 valence electrons. The van der Waals surface area contributed by atoms with Crippen molar-refractivity contribution in [3.8, 4) is 11.5 Å². The topological polar surface area (TPSA) is 21.3 Å². The molecule has 2 aromatic rings. The second-order valence-electron chi connectivity index (χ2n) is 4.13. The molecule has 0 aliphatic carbocycles. The minimum atomic E-state index is -0.326. The first-order valence-electron chi connectivity index (χ1n) is 6.11.